The number of nitrogens with zero attached hydrogens (tertiary/aromatic N) is 2. The van der Waals surface area contributed by atoms with Gasteiger partial charge in [-0.1, -0.05) is 26.0 Å². The largest absolute Gasteiger partial charge is 0.494 e. The Balaban J connectivity index is 1.59. The molecule has 6 heteroatoms. The maximum atomic E-state index is 12.0. The molecule has 0 saturated heterocycles. The molecule has 2 aliphatic rings. The lowest BCUT2D eigenvalue weighted by atomic mass is 9.87. The summed E-state index contributed by atoms with van der Waals surface area (Å²) in [7, 11) is 0. The van der Waals surface area contributed by atoms with Crippen molar-refractivity contribution < 1.29 is 14.3 Å². The van der Waals surface area contributed by atoms with Crippen LogP contribution in [0.2, 0.25) is 0 Å². The summed E-state index contributed by atoms with van der Waals surface area (Å²) in [6.45, 7) is 6.94. The van der Waals surface area contributed by atoms with Crippen LogP contribution in [0.1, 0.15) is 63.1 Å². The number of nitriles is 1. The third kappa shape index (κ3) is 4.38. The summed E-state index contributed by atoms with van der Waals surface area (Å²) in [6, 6.07) is 16.9. The molecule has 4 rings (SSSR count). The lowest BCUT2D eigenvalue weighted by Gasteiger charge is -2.41. The van der Waals surface area contributed by atoms with E-state index in [1.165, 1.54) is 6.42 Å². The molecule has 32 heavy (non-hydrogen) atoms. The number of hydrogen-bond donors (Lipinski definition) is 1. The van der Waals surface area contributed by atoms with E-state index in [2.05, 4.69) is 22.4 Å². The number of rotatable bonds is 7. The Morgan fingerprint density at radius 3 is 2.56 bits per heavy atom. The summed E-state index contributed by atoms with van der Waals surface area (Å²) >= 11 is 0. The maximum absolute atomic E-state index is 12.0. The molecule has 6 nitrogen and oxygen atoms in total. The molecule has 1 fully saturated rings. The van der Waals surface area contributed by atoms with E-state index in [0.717, 1.165) is 35.4 Å². The summed E-state index contributed by atoms with van der Waals surface area (Å²) in [4.78, 5) is 14.4. The number of hydrogen-bond acceptors (Lipinski definition) is 5. The number of fused-ring (bicyclic) bond motifs is 1. The van der Waals surface area contributed by atoms with Crippen LogP contribution in [0.15, 0.2) is 42.5 Å². The maximum Gasteiger partial charge on any atom is 0.411 e. The fourth-order valence-electron chi connectivity index (χ4n) is 4.50. The van der Waals surface area contributed by atoms with Crippen molar-refractivity contribution in [3.05, 3.63) is 53.6 Å². The fourth-order valence-corrected chi connectivity index (χ4v) is 4.50. The van der Waals surface area contributed by atoms with Gasteiger partial charge in [0.2, 0.25) is 0 Å². The average molecular weight is 434 g/mol. The van der Waals surface area contributed by atoms with Gasteiger partial charge in [0.05, 0.1) is 31.2 Å². The molecule has 168 valence electrons. The standard InChI is InChI=1S/C26H31N3O3/c1-4-31-21-12-13-24-22(14-21)23(15-27)25(29(24)20-6-5-7-20)18-8-10-19(11-9-18)28-26(30)32-16-17(2)3/h8-14,17,20,23,25H,4-7,16H2,1-3H3,(H,28,30). The zero-order valence-electron chi connectivity index (χ0n) is 19.0. The molecule has 2 aromatic rings. The predicted molar refractivity (Wildman–Crippen MR) is 125 cm³/mol. The van der Waals surface area contributed by atoms with Crippen molar-refractivity contribution in [1.82, 2.24) is 0 Å². The van der Waals surface area contributed by atoms with Gasteiger partial charge in [-0.3, -0.25) is 5.32 Å². The Morgan fingerprint density at radius 2 is 1.97 bits per heavy atom. The van der Waals surface area contributed by atoms with Gasteiger partial charge < -0.3 is 14.4 Å². The molecular formula is C26H31N3O3. The van der Waals surface area contributed by atoms with Crippen LogP contribution in [-0.2, 0) is 4.74 Å². The first kappa shape index (κ1) is 22.0. The highest BCUT2D eigenvalue weighted by Crippen LogP contribution is 2.53. The zero-order chi connectivity index (χ0) is 22.7. The number of ether oxygens (including phenoxy) is 2. The van der Waals surface area contributed by atoms with Crippen LogP contribution >= 0.6 is 0 Å². The van der Waals surface area contributed by atoms with Crippen LogP contribution in [0, 0.1) is 17.2 Å². The van der Waals surface area contributed by atoms with E-state index in [4.69, 9.17) is 9.47 Å². The van der Waals surface area contributed by atoms with Crippen molar-refractivity contribution in [2.24, 2.45) is 5.92 Å². The quantitative estimate of drug-likeness (QED) is 0.579. The predicted octanol–water partition coefficient (Wildman–Crippen LogP) is 6.01. The summed E-state index contributed by atoms with van der Waals surface area (Å²) in [6.07, 6.45) is 3.05. The zero-order valence-corrected chi connectivity index (χ0v) is 19.0. The Labute approximate surface area is 190 Å². The number of amides is 1. The Kier molecular flexibility index (Phi) is 6.55. The van der Waals surface area contributed by atoms with Gasteiger partial charge in [-0.25, -0.2) is 4.79 Å². The number of nitrogens with one attached hydrogen (secondary N) is 1. The minimum Gasteiger partial charge on any atom is -0.494 e. The third-order valence-corrected chi connectivity index (χ3v) is 6.19. The smallest absolute Gasteiger partial charge is 0.411 e. The minimum atomic E-state index is -0.450. The number of benzene rings is 2. The molecule has 2 unspecified atom stereocenters. The third-order valence-electron chi connectivity index (χ3n) is 6.19. The van der Waals surface area contributed by atoms with Gasteiger partial charge in [0, 0.05) is 17.4 Å². The van der Waals surface area contributed by atoms with Gasteiger partial charge in [0.1, 0.15) is 5.75 Å². The van der Waals surface area contributed by atoms with Crippen molar-refractivity contribution in [2.75, 3.05) is 23.4 Å². The van der Waals surface area contributed by atoms with Crippen LogP contribution in [0.3, 0.4) is 0 Å². The van der Waals surface area contributed by atoms with Gasteiger partial charge in [-0.2, -0.15) is 5.26 Å². The molecule has 2 aromatic carbocycles. The molecule has 1 amide bonds. The van der Waals surface area contributed by atoms with Gasteiger partial charge >= 0.3 is 6.09 Å². The number of anilines is 2. The van der Waals surface area contributed by atoms with Crippen LogP contribution in [0.4, 0.5) is 16.2 Å². The van der Waals surface area contributed by atoms with Crippen molar-refractivity contribution in [3.8, 4) is 11.8 Å². The molecule has 1 N–H and O–H groups in total. The van der Waals surface area contributed by atoms with Crippen LogP contribution in [0.5, 0.6) is 5.75 Å². The molecule has 1 aliphatic carbocycles. The molecular weight excluding hydrogens is 402 g/mol. The van der Waals surface area contributed by atoms with Crippen molar-refractivity contribution >= 4 is 17.5 Å². The molecule has 1 heterocycles. The van der Waals surface area contributed by atoms with E-state index in [1.807, 2.05) is 57.2 Å². The van der Waals surface area contributed by atoms with E-state index in [9.17, 15) is 10.1 Å². The average Bonchev–Trinajstić information content (AvgIpc) is 3.05. The fraction of sp³-hybridized carbons (Fsp3) is 0.462. The Morgan fingerprint density at radius 1 is 1.22 bits per heavy atom. The molecule has 0 spiro atoms. The van der Waals surface area contributed by atoms with E-state index < -0.39 is 6.09 Å². The Hall–Kier alpha value is -3.20. The topological polar surface area (TPSA) is 74.6 Å². The second kappa shape index (κ2) is 9.52. The first-order chi connectivity index (χ1) is 15.5. The highest BCUT2D eigenvalue weighted by atomic mass is 16.5. The summed E-state index contributed by atoms with van der Waals surface area (Å²) in [5.41, 5.74) is 3.92. The van der Waals surface area contributed by atoms with Crippen molar-refractivity contribution in [3.63, 3.8) is 0 Å². The first-order valence-corrected chi connectivity index (χ1v) is 11.5. The monoisotopic (exact) mass is 433 g/mol. The molecule has 1 saturated carbocycles. The summed E-state index contributed by atoms with van der Waals surface area (Å²) < 4.78 is 10.9. The second-order valence-electron chi connectivity index (χ2n) is 8.94. The molecule has 0 aromatic heterocycles. The molecule has 0 radical (unpaired) electrons. The number of carbonyl (C=O) groups is 1. The van der Waals surface area contributed by atoms with Gasteiger partial charge in [0.15, 0.2) is 0 Å². The lowest BCUT2D eigenvalue weighted by Crippen LogP contribution is -2.41. The van der Waals surface area contributed by atoms with E-state index in [0.29, 0.717) is 24.9 Å². The summed E-state index contributed by atoms with van der Waals surface area (Å²) in [5, 5.41) is 12.9. The first-order valence-electron chi connectivity index (χ1n) is 11.5. The lowest BCUT2D eigenvalue weighted by molar-refractivity contribution is 0.147. The molecule has 2 atom stereocenters. The minimum absolute atomic E-state index is 0.0564. The highest BCUT2D eigenvalue weighted by Gasteiger charge is 2.44. The van der Waals surface area contributed by atoms with Crippen LogP contribution < -0.4 is 15.0 Å². The van der Waals surface area contributed by atoms with Gasteiger partial charge in [-0.05, 0) is 73.6 Å². The molecule has 1 aliphatic heterocycles. The van der Waals surface area contributed by atoms with E-state index >= 15 is 0 Å². The normalized spacial score (nSPS) is 19.8. The van der Waals surface area contributed by atoms with Crippen LogP contribution in [0.25, 0.3) is 0 Å². The second-order valence-corrected chi connectivity index (χ2v) is 8.94. The Bertz CT molecular complexity index is 992. The van der Waals surface area contributed by atoms with E-state index in [-0.39, 0.29) is 17.9 Å². The highest BCUT2D eigenvalue weighted by molar-refractivity contribution is 5.84. The van der Waals surface area contributed by atoms with Crippen LogP contribution in [-0.4, -0.2) is 25.3 Å². The van der Waals surface area contributed by atoms with E-state index in [1.54, 1.807) is 0 Å². The SMILES string of the molecule is CCOc1ccc2c(c1)C(C#N)C(c1ccc(NC(=O)OCC(C)C)cc1)N2C1CCC1. The number of carbonyl (C=O) groups excluding carboxylic acids is 1. The van der Waals surface area contributed by atoms with Gasteiger partial charge in [-0.15, -0.1) is 0 Å². The molecule has 0 bridgehead atoms. The van der Waals surface area contributed by atoms with Gasteiger partial charge in [0.25, 0.3) is 0 Å². The van der Waals surface area contributed by atoms with Crippen molar-refractivity contribution in [1.29, 1.82) is 5.26 Å². The van der Waals surface area contributed by atoms with Crippen molar-refractivity contribution in [2.45, 2.75) is 58.0 Å². The summed E-state index contributed by atoms with van der Waals surface area (Å²) in [5.74, 6) is 0.816.